The van der Waals surface area contributed by atoms with Gasteiger partial charge >= 0.3 is 0 Å². The van der Waals surface area contributed by atoms with Crippen LogP contribution in [0.15, 0.2) is 22.7 Å². The third kappa shape index (κ3) is 2.33. The molecule has 3 N–H and O–H groups in total. The molecule has 1 saturated carbocycles. The van der Waals surface area contributed by atoms with Crippen LogP contribution in [0.4, 0.5) is 10.1 Å². The Labute approximate surface area is 110 Å². The Morgan fingerprint density at radius 2 is 2.18 bits per heavy atom. The van der Waals surface area contributed by atoms with E-state index in [4.69, 9.17) is 5.73 Å². The average Bonchev–Trinajstić information content (AvgIpc) is 3.03. The first-order chi connectivity index (χ1) is 7.90. The first kappa shape index (κ1) is 12.8. The van der Waals surface area contributed by atoms with Gasteiger partial charge in [-0.25, -0.2) is 4.39 Å². The van der Waals surface area contributed by atoms with Gasteiger partial charge in [-0.1, -0.05) is 6.92 Å². The molecule has 1 aromatic carbocycles. The maximum atomic E-state index is 13.2. The molecule has 94 valence electrons. The summed E-state index contributed by atoms with van der Waals surface area (Å²) in [5, 5.41) is 3.45. The summed E-state index contributed by atoms with van der Waals surface area (Å²) in [7, 11) is 0. The fraction of sp³-hybridized carbons (Fsp3) is 0.538. The minimum absolute atomic E-state index is 0.135. The average molecular weight is 301 g/mol. The van der Waals surface area contributed by atoms with Gasteiger partial charge in [-0.3, -0.25) is 0 Å². The van der Waals surface area contributed by atoms with Crippen LogP contribution in [0.3, 0.4) is 0 Å². The molecule has 1 atom stereocenters. The van der Waals surface area contributed by atoms with Gasteiger partial charge in [-0.15, -0.1) is 0 Å². The second kappa shape index (κ2) is 4.25. The highest BCUT2D eigenvalue weighted by Gasteiger charge is 2.52. The van der Waals surface area contributed by atoms with Crippen LogP contribution in [0.2, 0.25) is 0 Å². The zero-order valence-electron chi connectivity index (χ0n) is 10.2. The predicted molar refractivity (Wildman–Crippen MR) is 72.5 cm³/mol. The molecule has 0 heterocycles. The van der Waals surface area contributed by atoms with E-state index in [1.54, 1.807) is 12.1 Å². The van der Waals surface area contributed by atoms with Crippen molar-refractivity contribution in [2.75, 3.05) is 11.9 Å². The Morgan fingerprint density at radius 1 is 1.53 bits per heavy atom. The fourth-order valence-corrected chi connectivity index (χ4v) is 2.46. The summed E-state index contributed by atoms with van der Waals surface area (Å²) in [6.45, 7) is 4.95. The lowest BCUT2D eigenvalue weighted by atomic mass is 9.83. The summed E-state index contributed by atoms with van der Waals surface area (Å²) in [6.07, 6.45) is 2.38. The molecular formula is C13H18BrFN2. The molecule has 0 amide bonds. The van der Waals surface area contributed by atoms with Crippen molar-refractivity contribution in [1.29, 1.82) is 0 Å². The number of nitrogens with two attached hydrogens (primary N) is 1. The highest BCUT2D eigenvalue weighted by Crippen LogP contribution is 2.54. The number of benzene rings is 1. The SMILES string of the molecule is CC1(C(C)(CN)Nc2ccc(F)c(Br)c2)CC1. The van der Waals surface area contributed by atoms with E-state index in [1.807, 2.05) is 0 Å². The third-order valence-corrected chi connectivity index (χ3v) is 4.69. The first-order valence-electron chi connectivity index (χ1n) is 5.83. The Balaban J connectivity index is 2.21. The van der Waals surface area contributed by atoms with Gasteiger partial charge in [0.2, 0.25) is 0 Å². The van der Waals surface area contributed by atoms with Crippen LogP contribution in [0.1, 0.15) is 26.7 Å². The van der Waals surface area contributed by atoms with Crippen molar-refractivity contribution in [3.8, 4) is 0 Å². The zero-order valence-corrected chi connectivity index (χ0v) is 11.8. The Morgan fingerprint density at radius 3 is 2.65 bits per heavy atom. The van der Waals surface area contributed by atoms with Crippen LogP contribution in [-0.4, -0.2) is 12.1 Å². The summed E-state index contributed by atoms with van der Waals surface area (Å²) in [4.78, 5) is 0. The smallest absolute Gasteiger partial charge is 0.137 e. The number of hydrogen-bond donors (Lipinski definition) is 2. The van der Waals surface area contributed by atoms with Gasteiger partial charge in [-0.2, -0.15) is 0 Å². The minimum atomic E-state index is -0.248. The lowest BCUT2D eigenvalue weighted by Crippen LogP contribution is -2.49. The van der Waals surface area contributed by atoms with E-state index < -0.39 is 0 Å². The normalized spacial score (nSPS) is 20.8. The number of hydrogen-bond acceptors (Lipinski definition) is 2. The summed E-state index contributed by atoms with van der Waals surface area (Å²) in [5.41, 5.74) is 6.92. The van der Waals surface area contributed by atoms with Crippen LogP contribution < -0.4 is 11.1 Å². The van der Waals surface area contributed by atoms with Gasteiger partial charge in [-0.05, 0) is 59.3 Å². The van der Waals surface area contributed by atoms with Crippen molar-refractivity contribution in [2.24, 2.45) is 11.1 Å². The highest BCUT2D eigenvalue weighted by atomic mass is 79.9. The van der Waals surface area contributed by atoms with E-state index in [9.17, 15) is 4.39 Å². The number of anilines is 1. The largest absolute Gasteiger partial charge is 0.378 e. The molecule has 0 spiro atoms. The van der Waals surface area contributed by atoms with Crippen molar-refractivity contribution in [1.82, 2.24) is 0 Å². The third-order valence-electron chi connectivity index (χ3n) is 4.08. The van der Waals surface area contributed by atoms with Crippen LogP contribution in [0, 0.1) is 11.2 Å². The second-order valence-corrected chi connectivity index (χ2v) is 6.21. The molecule has 0 aromatic heterocycles. The molecule has 2 rings (SSSR count). The Hall–Kier alpha value is -0.610. The first-order valence-corrected chi connectivity index (χ1v) is 6.63. The lowest BCUT2D eigenvalue weighted by Gasteiger charge is -2.37. The molecule has 0 radical (unpaired) electrons. The maximum Gasteiger partial charge on any atom is 0.137 e. The van der Waals surface area contributed by atoms with E-state index in [0.29, 0.717) is 11.0 Å². The Bertz CT molecular complexity index is 431. The van der Waals surface area contributed by atoms with E-state index in [-0.39, 0.29) is 16.8 Å². The standard InChI is InChI=1S/C13H18BrFN2/c1-12(5-6-12)13(2,8-16)17-9-3-4-11(15)10(14)7-9/h3-4,7,17H,5-6,8,16H2,1-2H3. The van der Waals surface area contributed by atoms with Crippen molar-refractivity contribution in [3.63, 3.8) is 0 Å². The summed E-state index contributed by atoms with van der Waals surface area (Å²) in [5.74, 6) is -0.248. The van der Waals surface area contributed by atoms with Crippen molar-refractivity contribution < 1.29 is 4.39 Å². The van der Waals surface area contributed by atoms with Gasteiger partial charge < -0.3 is 11.1 Å². The zero-order chi connectivity index (χ0) is 12.7. The van der Waals surface area contributed by atoms with E-state index >= 15 is 0 Å². The number of nitrogens with one attached hydrogen (secondary N) is 1. The summed E-state index contributed by atoms with van der Waals surface area (Å²) in [6, 6.07) is 4.97. The molecule has 2 nitrogen and oxygen atoms in total. The number of rotatable bonds is 4. The number of halogens is 2. The quantitative estimate of drug-likeness (QED) is 0.893. The molecule has 4 heteroatoms. The highest BCUT2D eigenvalue weighted by molar-refractivity contribution is 9.10. The van der Waals surface area contributed by atoms with Gasteiger partial charge in [0.15, 0.2) is 0 Å². The molecule has 1 aliphatic carbocycles. The molecule has 1 aromatic rings. The van der Waals surface area contributed by atoms with Gasteiger partial charge in [0.1, 0.15) is 5.82 Å². The van der Waals surface area contributed by atoms with Gasteiger partial charge in [0, 0.05) is 12.2 Å². The van der Waals surface area contributed by atoms with Crippen LogP contribution >= 0.6 is 15.9 Å². The molecule has 1 aliphatic rings. The molecular weight excluding hydrogens is 283 g/mol. The summed E-state index contributed by atoms with van der Waals surface area (Å²) >= 11 is 3.20. The van der Waals surface area contributed by atoms with Gasteiger partial charge in [0.05, 0.1) is 10.0 Å². The summed E-state index contributed by atoms with van der Waals surface area (Å²) < 4.78 is 13.6. The maximum absolute atomic E-state index is 13.2. The van der Waals surface area contributed by atoms with Gasteiger partial charge in [0.25, 0.3) is 0 Å². The topological polar surface area (TPSA) is 38.0 Å². The van der Waals surface area contributed by atoms with Crippen LogP contribution in [-0.2, 0) is 0 Å². The Kier molecular flexibility index (Phi) is 3.21. The molecule has 0 aliphatic heterocycles. The molecule has 0 bridgehead atoms. The van der Waals surface area contributed by atoms with E-state index in [2.05, 4.69) is 35.1 Å². The van der Waals surface area contributed by atoms with Crippen molar-refractivity contribution >= 4 is 21.6 Å². The predicted octanol–water partition coefficient (Wildman–Crippen LogP) is 3.52. The molecule has 17 heavy (non-hydrogen) atoms. The van der Waals surface area contributed by atoms with E-state index in [1.165, 1.54) is 18.9 Å². The van der Waals surface area contributed by atoms with Crippen molar-refractivity contribution in [3.05, 3.63) is 28.5 Å². The molecule has 0 saturated heterocycles. The van der Waals surface area contributed by atoms with Crippen molar-refractivity contribution in [2.45, 2.75) is 32.2 Å². The van der Waals surface area contributed by atoms with Crippen LogP contribution in [0.5, 0.6) is 0 Å². The minimum Gasteiger partial charge on any atom is -0.378 e. The second-order valence-electron chi connectivity index (χ2n) is 5.35. The molecule has 1 unspecified atom stereocenters. The molecule has 1 fully saturated rings. The van der Waals surface area contributed by atoms with E-state index in [0.717, 1.165) is 5.69 Å². The fourth-order valence-electron chi connectivity index (χ4n) is 2.08. The lowest BCUT2D eigenvalue weighted by molar-refractivity contribution is 0.333. The van der Waals surface area contributed by atoms with Crippen LogP contribution in [0.25, 0.3) is 0 Å². The monoisotopic (exact) mass is 300 g/mol.